The van der Waals surface area contributed by atoms with E-state index in [2.05, 4.69) is 34.5 Å². The van der Waals surface area contributed by atoms with E-state index < -0.39 is 0 Å². The Bertz CT molecular complexity index is 619. The lowest BCUT2D eigenvalue weighted by atomic mass is 9.87. The summed E-state index contributed by atoms with van der Waals surface area (Å²) in [7, 11) is 1.74. The molecule has 1 aromatic carbocycles. The predicted molar refractivity (Wildman–Crippen MR) is 77.9 cm³/mol. The van der Waals surface area contributed by atoms with Crippen molar-refractivity contribution in [2.75, 3.05) is 13.7 Å². The molecule has 0 radical (unpaired) electrons. The van der Waals surface area contributed by atoms with Crippen molar-refractivity contribution in [3.63, 3.8) is 0 Å². The molecule has 2 aromatic rings. The zero-order valence-electron chi connectivity index (χ0n) is 11.1. The van der Waals surface area contributed by atoms with Crippen LogP contribution in [-0.2, 0) is 19.4 Å². The molecule has 0 fully saturated rings. The molecule has 3 heterocycles. The summed E-state index contributed by atoms with van der Waals surface area (Å²) >= 11 is 1.92. The largest absolute Gasteiger partial charge is 0.497 e. The van der Waals surface area contributed by atoms with Gasteiger partial charge < -0.3 is 4.74 Å². The molecule has 2 aliphatic heterocycles. The SMILES string of the molecule is COc1ccc2c(c1)CC1c3ccsc3CCN1C2. The van der Waals surface area contributed by atoms with E-state index in [1.54, 1.807) is 17.6 Å². The number of benzene rings is 1. The number of fused-ring (bicyclic) bond motifs is 4. The summed E-state index contributed by atoms with van der Waals surface area (Å²) in [5.41, 5.74) is 4.49. The maximum absolute atomic E-state index is 5.36. The van der Waals surface area contributed by atoms with E-state index in [1.165, 1.54) is 24.1 Å². The maximum Gasteiger partial charge on any atom is 0.119 e. The van der Waals surface area contributed by atoms with Crippen LogP contribution in [0.5, 0.6) is 5.75 Å². The number of hydrogen-bond donors (Lipinski definition) is 0. The molecule has 2 nitrogen and oxygen atoms in total. The molecule has 19 heavy (non-hydrogen) atoms. The maximum atomic E-state index is 5.36. The minimum Gasteiger partial charge on any atom is -0.497 e. The van der Waals surface area contributed by atoms with Crippen molar-refractivity contribution < 1.29 is 4.74 Å². The third-order valence-corrected chi connectivity index (χ3v) is 5.40. The fourth-order valence-electron chi connectivity index (χ4n) is 3.38. The van der Waals surface area contributed by atoms with Gasteiger partial charge in [0.15, 0.2) is 0 Å². The zero-order valence-corrected chi connectivity index (χ0v) is 11.9. The molecule has 1 aromatic heterocycles. The topological polar surface area (TPSA) is 12.5 Å². The van der Waals surface area contributed by atoms with Gasteiger partial charge in [-0.15, -0.1) is 11.3 Å². The van der Waals surface area contributed by atoms with Gasteiger partial charge in [0.2, 0.25) is 0 Å². The molecule has 0 saturated heterocycles. The van der Waals surface area contributed by atoms with Crippen molar-refractivity contribution >= 4 is 11.3 Å². The first kappa shape index (κ1) is 11.5. The summed E-state index contributed by atoms with van der Waals surface area (Å²) in [5, 5.41) is 2.25. The summed E-state index contributed by atoms with van der Waals surface area (Å²) in [6.07, 6.45) is 2.34. The van der Waals surface area contributed by atoms with Crippen molar-refractivity contribution in [3.05, 3.63) is 51.2 Å². The summed E-state index contributed by atoms with van der Waals surface area (Å²) in [6.45, 7) is 2.28. The lowest BCUT2D eigenvalue weighted by molar-refractivity contribution is 0.162. The molecular formula is C16H17NOS. The number of thiophene rings is 1. The second kappa shape index (κ2) is 4.36. The van der Waals surface area contributed by atoms with Crippen LogP contribution in [0.2, 0.25) is 0 Å². The number of rotatable bonds is 1. The highest BCUT2D eigenvalue weighted by molar-refractivity contribution is 7.10. The van der Waals surface area contributed by atoms with Crippen LogP contribution in [0.4, 0.5) is 0 Å². The van der Waals surface area contributed by atoms with Crippen molar-refractivity contribution in [1.82, 2.24) is 4.90 Å². The third-order valence-electron chi connectivity index (χ3n) is 4.41. The van der Waals surface area contributed by atoms with E-state index in [0.717, 1.165) is 18.7 Å². The Morgan fingerprint density at radius 2 is 2.21 bits per heavy atom. The average molecular weight is 271 g/mol. The molecule has 0 bridgehead atoms. The van der Waals surface area contributed by atoms with Crippen LogP contribution in [0.15, 0.2) is 29.6 Å². The Morgan fingerprint density at radius 3 is 3.11 bits per heavy atom. The van der Waals surface area contributed by atoms with Crippen molar-refractivity contribution in [2.24, 2.45) is 0 Å². The molecular weight excluding hydrogens is 254 g/mol. The van der Waals surface area contributed by atoms with Gasteiger partial charge >= 0.3 is 0 Å². The fraction of sp³-hybridized carbons (Fsp3) is 0.375. The standard InChI is InChI=1S/C16H17NOS/c1-18-13-3-2-11-10-17-6-4-16-14(5-7-19-16)15(17)9-12(11)8-13/h2-3,5,7-8,15H,4,6,9-10H2,1H3. The first-order valence-electron chi connectivity index (χ1n) is 6.81. The van der Waals surface area contributed by atoms with E-state index in [4.69, 9.17) is 4.74 Å². The monoisotopic (exact) mass is 271 g/mol. The van der Waals surface area contributed by atoms with Gasteiger partial charge in [0, 0.05) is 24.0 Å². The second-order valence-corrected chi connectivity index (χ2v) is 6.37. The first-order chi connectivity index (χ1) is 9.35. The van der Waals surface area contributed by atoms with Crippen molar-refractivity contribution in [2.45, 2.75) is 25.4 Å². The molecule has 2 aliphatic rings. The summed E-state index contributed by atoms with van der Waals surface area (Å²) in [6, 6.07) is 9.43. The van der Waals surface area contributed by atoms with Gasteiger partial charge in [0.05, 0.1) is 7.11 Å². The van der Waals surface area contributed by atoms with Crippen LogP contribution in [0.25, 0.3) is 0 Å². The van der Waals surface area contributed by atoms with Crippen molar-refractivity contribution in [1.29, 1.82) is 0 Å². The third kappa shape index (κ3) is 1.80. The van der Waals surface area contributed by atoms with Gasteiger partial charge in [0.1, 0.15) is 5.75 Å². The molecule has 1 unspecified atom stereocenters. The molecule has 98 valence electrons. The van der Waals surface area contributed by atoms with Gasteiger partial charge in [-0.3, -0.25) is 4.90 Å². The molecule has 4 rings (SSSR count). The molecule has 0 spiro atoms. The van der Waals surface area contributed by atoms with Gasteiger partial charge in [-0.25, -0.2) is 0 Å². The van der Waals surface area contributed by atoms with E-state index in [-0.39, 0.29) is 0 Å². The van der Waals surface area contributed by atoms with Crippen LogP contribution < -0.4 is 4.74 Å². The molecule has 0 saturated carbocycles. The number of ether oxygens (including phenoxy) is 1. The predicted octanol–water partition coefficient (Wildman–Crippen LogP) is 3.41. The van der Waals surface area contributed by atoms with Crippen LogP contribution in [-0.4, -0.2) is 18.6 Å². The first-order valence-corrected chi connectivity index (χ1v) is 7.69. The molecule has 0 N–H and O–H groups in total. The second-order valence-electron chi connectivity index (χ2n) is 5.37. The lowest BCUT2D eigenvalue weighted by Gasteiger charge is -2.40. The van der Waals surface area contributed by atoms with Crippen LogP contribution in [0.3, 0.4) is 0 Å². The number of hydrogen-bond acceptors (Lipinski definition) is 3. The van der Waals surface area contributed by atoms with E-state index in [1.807, 2.05) is 11.3 Å². The Balaban J connectivity index is 1.74. The highest BCUT2D eigenvalue weighted by Gasteiger charge is 2.32. The van der Waals surface area contributed by atoms with Crippen LogP contribution >= 0.6 is 11.3 Å². The Kier molecular flexibility index (Phi) is 2.64. The van der Waals surface area contributed by atoms with Crippen LogP contribution in [0.1, 0.15) is 27.6 Å². The van der Waals surface area contributed by atoms with Crippen molar-refractivity contribution in [3.8, 4) is 5.75 Å². The summed E-state index contributed by atoms with van der Waals surface area (Å²) < 4.78 is 5.36. The molecule has 0 aliphatic carbocycles. The highest BCUT2D eigenvalue weighted by Crippen LogP contribution is 2.40. The number of nitrogens with zero attached hydrogens (tertiary/aromatic N) is 1. The molecule has 1 atom stereocenters. The number of methoxy groups -OCH3 is 1. The van der Waals surface area contributed by atoms with E-state index in [9.17, 15) is 0 Å². The van der Waals surface area contributed by atoms with Crippen LogP contribution in [0, 0.1) is 0 Å². The summed E-state index contributed by atoms with van der Waals surface area (Å²) in [4.78, 5) is 4.22. The van der Waals surface area contributed by atoms with Gasteiger partial charge in [0.25, 0.3) is 0 Å². The quantitative estimate of drug-likeness (QED) is 0.788. The Morgan fingerprint density at radius 1 is 1.26 bits per heavy atom. The molecule has 0 amide bonds. The smallest absolute Gasteiger partial charge is 0.119 e. The minimum absolute atomic E-state index is 0.578. The summed E-state index contributed by atoms with van der Waals surface area (Å²) in [5.74, 6) is 0.980. The van der Waals surface area contributed by atoms with Gasteiger partial charge in [-0.05, 0) is 53.1 Å². The Hall–Kier alpha value is -1.32. The van der Waals surface area contributed by atoms with E-state index in [0.29, 0.717) is 6.04 Å². The molecule has 3 heteroatoms. The highest BCUT2D eigenvalue weighted by atomic mass is 32.1. The average Bonchev–Trinajstić information content (AvgIpc) is 2.93. The normalized spacial score (nSPS) is 21.4. The lowest BCUT2D eigenvalue weighted by Crippen LogP contribution is -2.38. The minimum atomic E-state index is 0.578. The van der Waals surface area contributed by atoms with Gasteiger partial charge in [-0.2, -0.15) is 0 Å². The van der Waals surface area contributed by atoms with E-state index >= 15 is 0 Å². The fourth-order valence-corrected chi connectivity index (χ4v) is 4.31. The Labute approximate surface area is 117 Å². The van der Waals surface area contributed by atoms with Gasteiger partial charge in [-0.1, -0.05) is 6.07 Å². The zero-order chi connectivity index (χ0) is 12.8.